The summed E-state index contributed by atoms with van der Waals surface area (Å²) in [5.74, 6) is 0. The van der Waals surface area contributed by atoms with Crippen LogP contribution in [-0.2, 0) is 10.0 Å². The third kappa shape index (κ3) is 5.57. The first kappa shape index (κ1) is 21.5. The highest BCUT2D eigenvalue weighted by Crippen LogP contribution is 2.28. The average Bonchev–Trinajstić information content (AvgIpc) is 2.59. The Morgan fingerprint density at radius 2 is 1.59 bits per heavy atom. The first-order valence-electron chi connectivity index (χ1n) is 8.74. The minimum atomic E-state index is -3.62. The molecule has 0 N–H and O–H groups in total. The SMILES string of the molecule is Cc1ccc(S(=O)(=O)N(SN(C)C=Nc2ccc(C)cc2C)C(C)C)cc1. The molecule has 0 aliphatic rings. The van der Waals surface area contributed by atoms with E-state index >= 15 is 0 Å². The summed E-state index contributed by atoms with van der Waals surface area (Å²) in [6.45, 7) is 9.69. The lowest BCUT2D eigenvalue weighted by molar-refractivity contribution is 0.495. The smallest absolute Gasteiger partial charge is 0.253 e. The summed E-state index contributed by atoms with van der Waals surface area (Å²) in [6, 6.07) is 12.7. The highest BCUT2D eigenvalue weighted by Gasteiger charge is 2.29. The Hall–Kier alpha value is -1.83. The Morgan fingerprint density at radius 1 is 1.00 bits per heavy atom. The molecule has 5 nitrogen and oxygen atoms in total. The van der Waals surface area contributed by atoms with Crippen molar-refractivity contribution in [3.05, 3.63) is 59.2 Å². The number of aliphatic imine (C=N–C) groups is 1. The molecule has 0 heterocycles. The second-order valence-corrected chi connectivity index (χ2v) is 10.0. The van der Waals surface area contributed by atoms with Crippen LogP contribution in [0.3, 0.4) is 0 Å². The third-order valence-electron chi connectivity index (χ3n) is 3.90. The third-order valence-corrected chi connectivity index (χ3v) is 7.38. The predicted molar refractivity (Wildman–Crippen MR) is 115 cm³/mol. The fraction of sp³-hybridized carbons (Fsp3) is 0.350. The molecule has 146 valence electrons. The molecule has 0 amide bonds. The van der Waals surface area contributed by atoms with Gasteiger partial charge in [-0.05, 0) is 58.4 Å². The number of nitrogens with zero attached hydrogens (tertiary/aromatic N) is 3. The van der Waals surface area contributed by atoms with Crippen LogP contribution in [-0.4, -0.2) is 35.9 Å². The van der Waals surface area contributed by atoms with Crippen LogP contribution >= 0.6 is 12.1 Å². The highest BCUT2D eigenvalue weighted by molar-refractivity contribution is 8.07. The van der Waals surface area contributed by atoms with E-state index in [2.05, 4.69) is 11.1 Å². The van der Waals surface area contributed by atoms with Crippen molar-refractivity contribution in [2.45, 2.75) is 45.6 Å². The summed E-state index contributed by atoms with van der Waals surface area (Å²) < 4.78 is 29.1. The van der Waals surface area contributed by atoms with Crippen LogP contribution in [0.5, 0.6) is 0 Å². The Balaban J connectivity index is 2.19. The summed E-state index contributed by atoms with van der Waals surface area (Å²) in [6.07, 6.45) is 1.64. The molecule has 0 saturated heterocycles. The first-order valence-corrected chi connectivity index (χ1v) is 10.9. The molecule has 27 heavy (non-hydrogen) atoms. The van der Waals surface area contributed by atoms with Crippen molar-refractivity contribution in [3.8, 4) is 0 Å². The molecule has 2 rings (SSSR count). The lowest BCUT2D eigenvalue weighted by Gasteiger charge is -2.27. The number of sulfonamides is 1. The molecule has 0 aliphatic heterocycles. The number of aryl methyl sites for hydroxylation is 3. The van der Waals surface area contributed by atoms with E-state index in [0.29, 0.717) is 0 Å². The molecular weight excluding hydrogens is 378 g/mol. The van der Waals surface area contributed by atoms with E-state index in [1.165, 1.54) is 9.27 Å². The number of benzene rings is 2. The van der Waals surface area contributed by atoms with E-state index in [4.69, 9.17) is 0 Å². The minimum absolute atomic E-state index is 0.210. The minimum Gasteiger partial charge on any atom is -0.296 e. The average molecular weight is 406 g/mol. The lowest BCUT2D eigenvalue weighted by atomic mass is 10.1. The van der Waals surface area contributed by atoms with Crippen molar-refractivity contribution in [2.24, 2.45) is 4.99 Å². The fourth-order valence-corrected chi connectivity index (χ4v) is 5.17. The van der Waals surface area contributed by atoms with Crippen LogP contribution < -0.4 is 0 Å². The van der Waals surface area contributed by atoms with Crippen molar-refractivity contribution in [2.75, 3.05) is 7.05 Å². The molecule has 0 radical (unpaired) electrons. The Morgan fingerprint density at radius 3 is 2.15 bits per heavy atom. The maximum absolute atomic E-state index is 13.0. The van der Waals surface area contributed by atoms with Gasteiger partial charge in [-0.1, -0.05) is 35.4 Å². The zero-order valence-electron chi connectivity index (χ0n) is 16.7. The number of hydrogen-bond donors (Lipinski definition) is 0. The highest BCUT2D eigenvalue weighted by atomic mass is 32.3. The van der Waals surface area contributed by atoms with E-state index in [-0.39, 0.29) is 10.9 Å². The number of rotatable bonds is 7. The maximum atomic E-state index is 13.0. The van der Waals surface area contributed by atoms with Gasteiger partial charge >= 0.3 is 0 Å². The van der Waals surface area contributed by atoms with E-state index in [1.807, 2.05) is 46.8 Å². The van der Waals surface area contributed by atoms with Gasteiger partial charge in [0.2, 0.25) is 0 Å². The molecule has 7 heteroatoms. The van der Waals surface area contributed by atoms with Crippen LogP contribution in [0.2, 0.25) is 0 Å². The molecule has 0 saturated carbocycles. The molecule has 0 aliphatic carbocycles. The van der Waals surface area contributed by atoms with Crippen LogP contribution in [0, 0.1) is 20.8 Å². The van der Waals surface area contributed by atoms with Gasteiger partial charge in [-0.25, -0.2) is 13.4 Å². The fourth-order valence-electron chi connectivity index (χ4n) is 2.47. The monoisotopic (exact) mass is 405 g/mol. The maximum Gasteiger partial charge on any atom is 0.253 e. The van der Waals surface area contributed by atoms with E-state index in [0.717, 1.165) is 28.9 Å². The summed E-state index contributed by atoms with van der Waals surface area (Å²) in [5, 5.41) is 0. The van der Waals surface area contributed by atoms with Gasteiger partial charge in [0.25, 0.3) is 10.0 Å². The molecule has 0 unspecified atom stereocenters. The van der Waals surface area contributed by atoms with Gasteiger partial charge in [-0.15, -0.1) is 3.71 Å². The van der Waals surface area contributed by atoms with Gasteiger partial charge in [0.15, 0.2) is 0 Å². The standard InChI is InChI=1S/C20H27N3O2S2/c1-15(2)23(27(24,25)19-10-7-16(3)8-11-19)26-22(6)14-21-20-12-9-17(4)13-18(20)5/h7-15H,1-6H3. The van der Waals surface area contributed by atoms with Gasteiger partial charge in [-0.2, -0.15) is 0 Å². The van der Waals surface area contributed by atoms with Crippen LogP contribution in [0.25, 0.3) is 0 Å². The Labute approximate surface area is 167 Å². The molecule has 0 spiro atoms. The largest absolute Gasteiger partial charge is 0.296 e. The quantitative estimate of drug-likeness (QED) is 0.375. The van der Waals surface area contributed by atoms with Gasteiger partial charge in [0.1, 0.15) is 6.34 Å². The topological polar surface area (TPSA) is 53.0 Å². The van der Waals surface area contributed by atoms with Crippen LogP contribution in [0.1, 0.15) is 30.5 Å². The molecular formula is C20H27N3O2S2. The first-order chi connectivity index (χ1) is 12.6. The lowest BCUT2D eigenvalue weighted by Crippen LogP contribution is -2.34. The molecule has 0 aromatic heterocycles. The Kier molecular flexibility index (Phi) is 7.08. The zero-order chi connectivity index (χ0) is 20.2. The van der Waals surface area contributed by atoms with Gasteiger partial charge < -0.3 is 0 Å². The molecule has 0 bridgehead atoms. The summed E-state index contributed by atoms with van der Waals surface area (Å²) in [4.78, 5) is 4.77. The number of hydrogen-bond acceptors (Lipinski definition) is 4. The van der Waals surface area contributed by atoms with Crippen molar-refractivity contribution in [1.29, 1.82) is 0 Å². The molecule has 2 aromatic rings. The van der Waals surface area contributed by atoms with Gasteiger partial charge in [0, 0.05) is 13.1 Å². The second kappa shape index (κ2) is 8.91. The van der Waals surface area contributed by atoms with E-state index < -0.39 is 10.0 Å². The molecule has 0 atom stereocenters. The Bertz CT molecular complexity index is 907. The van der Waals surface area contributed by atoms with E-state index in [9.17, 15) is 8.42 Å². The zero-order valence-corrected chi connectivity index (χ0v) is 18.3. The molecule has 2 aromatic carbocycles. The van der Waals surface area contributed by atoms with Crippen LogP contribution in [0.15, 0.2) is 52.4 Å². The van der Waals surface area contributed by atoms with Crippen molar-refractivity contribution >= 4 is 34.2 Å². The van der Waals surface area contributed by atoms with Crippen molar-refractivity contribution in [3.63, 3.8) is 0 Å². The summed E-state index contributed by atoms with van der Waals surface area (Å²) >= 11 is 1.12. The summed E-state index contributed by atoms with van der Waals surface area (Å²) in [7, 11) is -1.83. The molecule has 0 fully saturated rings. The van der Waals surface area contributed by atoms with Gasteiger partial charge in [-0.3, -0.25) is 4.31 Å². The predicted octanol–water partition coefficient (Wildman–Crippen LogP) is 4.87. The van der Waals surface area contributed by atoms with Gasteiger partial charge in [0.05, 0.1) is 22.7 Å². The second-order valence-electron chi connectivity index (χ2n) is 6.83. The van der Waals surface area contributed by atoms with Crippen molar-refractivity contribution in [1.82, 2.24) is 8.02 Å². The van der Waals surface area contributed by atoms with Crippen molar-refractivity contribution < 1.29 is 8.42 Å². The van der Waals surface area contributed by atoms with E-state index in [1.54, 1.807) is 42.0 Å². The normalized spacial score (nSPS) is 12.3. The van der Waals surface area contributed by atoms with Crippen LogP contribution in [0.4, 0.5) is 5.69 Å². The summed E-state index contributed by atoms with van der Waals surface area (Å²) in [5.41, 5.74) is 4.16.